The first-order chi connectivity index (χ1) is 12.0. The maximum atomic E-state index is 11.6. The zero-order valence-corrected chi connectivity index (χ0v) is 14.2. The first kappa shape index (κ1) is 18.3. The van der Waals surface area contributed by atoms with Crippen molar-refractivity contribution in [3.63, 3.8) is 0 Å². The highest BCUT2D eigenvalue weighted by Crippen LogP contribution is 2.23. The summed E-state index contributed by atoms with van der Waals surface area (Å²) >= 11 is 0. The lowest BCUT2D eigenvalue weighted by atomic mass is 10.1. The second-order valence-electron chi connectivity index (χ2n) is 5.33. The summed E-state index contributed by atoms with van der Waals surface area (Å²) < 4.78 is 11.1. The molecule has 2 rings (SSSR count). The van der Waals surface area contributed by atoms with Gasteiger partial charge in [0, 0.05) is 23.6 Å². The quantitative estimate of drug-likeness (QED) is 0.581. The number of hydrogen-bond donors (Lipinski definition) is 1. The van der Waals surface area contributed by atoms with E-state index in [-0.39, 0.29) is 12.4 Å². The van der Waals surface area contributed by atoms with E-state index in [9.17, 15) is 9.59 Å². The van der Waals surface area contributed by atoms with E-state index in [1.165, 1.54) is 6.08 Å². The SMILES string of the molecule is CCC(=O)c1ccc(OCc2cc(/C=C/C(=O)O)ccc2OC)cc1. The number of ketones is 1. The van der Waals surface area contributed by atoms with Crippen LogP contribution in [0.5, 0.6) is 11.5 Å². The van der Waals surface area contributed by atoms with Crippen molar-refractivity contribution >= 4 is 17.8 Å². The predicted molar refractivity (Wildman–Crippen MR) is 95.1 cm³/mol. The molecule has 25 heavy (non-hydrogen) atoms. The molecule has 0 aromatic heterocycles. The van der Waals surface area contributed by atoms with Gasteiger partial charge in [0.2, 0.25) is 0 Å². The summed E-state index contributed by atoms with van der Waals surface area (Å²) in [6.45, 7) is 2.09. The zero-order chi connectivity index (χ0) is 18.2. The third kappa shape index (κ3) is 5.21. The average molecular weight is 340 g/mol. The Morgan fingerprint density at radius 3 is 2.44 bits per heavy atom. The molecule has 0 aliphatic heterocycles. The smallest absolute Gasteiger partial charge is 0.328 e. The van der Waals surface area contributed by atoms with E-state index >= 15 is 0 Å². The molecule has 1 N–H and O–H groups in total. The number of methoxy groups -OCH3 is 1. The van der Waals surface area contributed by atoms with Gasteiger partial charge in [-0.25, -0.2) is 4.79 Å². The number of ether oxygens (including phenoxy) is 2. The van der Waals surface area contributed by atoms with Gasteiger partial charge in [-0.1, -0.05) is 13.0 Å². The van der Waals surface area contributed by atoms with Crippen LogP contribution in [-0.2, 0) is 11.4 Å². The molecule has 0 aliphatic rings. The van der Waals surface area contributed by atoms with Crippen molar-refractivity contribution in [2.75, 3.05) is 7.11 Å². The van der Waals surface area contributed by atoms with Crippen LogP contribution in [0, 0.1) is 0 Å². The predicted octanol–water partition coefficient (Wildman–Crippen LogP) is 3.96. The minimum atomic E-state index is -1.00. The lowest BCUT2D eigenvalue weighted by Crippen LogP contribution is -2.00. The molecule has 5 heteroatoms. The molecule has 2 aromatic carbocycles. The molecule has 130 valence electrons. The van der Waals surface area contributed by atoms with E-state index in [4.69, 9.17) is 14.6 Å². The van der Waals surface area contributed by atoms with Gasteiger partial charge in [-0.2, -0.15) is 0 Å². The van der Waals surface area contributed by atoms with E-state index in [0.717, 1.165) is 17.2 Å². The third-order valence-electron chi connectivity index (χ3n) is 3.61. The minimum Gasteiger partial charge on any atom is -0.496 e. The van der Waals surface area contributed by atoms with Crippen molar-refractivity contribution in [2.45, 2.75) is 20.0 Å². The van der Waals surface area contributed by atoms with Crippen LogP contribution in [0.25, 0.3) is 6.08 Å². The van der Waals surface area contributed by atoms with Crippen LogP contribution in [0.2, 0.25) is 0 Å². The molecular formula is C20H20O5. The topological polar surface area (TPSA) is 72.8 Å². The molecule has 0 unspecified atom stereocenters. The van der Waals surface area contributed by atoms with Gasteiger partial charge in [-0.05, 0) is 48.0 Å². The Hall–Kier alpha value is -3.08. The second-order valence-corrected chi connectivity index (χ2v) is 5.33. The number of carboxylic acids is 1. The van der Waals surface area contributed by atoms with Crippen LogP contribution in [0.3, 0.4) is 0 Å². The highest BCUT2D eigenvalue weighted by Gasteiger charge is 2.07. The molecule has 0 atom stereocenters. The summed E-state index contributed by atoms with van der Waals surface area (Å²) in [5, 5.41) is 8.72. The Kier molecular flexibility index (Phi) is 6.34. The van der Waals surface area contributed by atoms with E-state index < -0.39 is 5.97 Å². The van der Waals surface area contributed by atoms with Gasteiger partial charge in [0.05, 0.1) is 7.11 Å². The monoisotopic (exact) mass is 340 g/mol. The van der Waals surface area contributed by atoms with Gasteiger partial charge in [0.15, 0.2) is 5.78 Å². The largest absolute Gasteiger partial charge is 0.496 e. The first-order valence-electron chi connectivity index (χ1n) is 7.87. The summed E-state index contributed by atoms with van der Waals surface area (Å²) in [5.74, 6) is 0.382. The fourth-order valence-corrected chi connectivity index (χ4v) is 2.28. The molecule has 0 radical (unpaired) electrons. The van der Waals surface area contributed by atoms with E-state index in [2.05, 4.69) is 0 Å². The summed E-state index contributed by atoms with van der Waals surface area (Å²) in [7, 11) is 1.57. The van der Waals surface area contributed by atoms with Crippen LogP contribution in [0.15, 0.2) is 48.5 Å². The molecule has 0 bridgehead atoms. The highest BCUT2D eigenvalue weighted by atomic mass is 16.5. The average Bonchev–Trinajstić information content (AvgIpc) is 2.64. The fourth-order valence-electron chi connectivity index (χ4n) is 2.28. The van der Waals surface area contributed by atoms with Gasteiger partial charge in [-0.3, -0.25) is 4.79 Å². The van der Waals surface area contributed by atoms with Crippen LogP contribution >= 0.6 is 0 Å². The Morgan fingerprint density at radius 2 is 1.84 bits per heavy atom. The fraction of sp³-hybridized carbons (Fsp3) is 0.200. The van der Waals surface area contributed by atoms with Crippen molar-refractivity contribution in [3.8, 4) is 11.5 Å². The Morgan fingerprint density at radius 1 is 1.12 bits per heavy atom. The lowest BCUT2D eigenvalue weighted by molar-refractivity contribution is -0.131. The minimum absolute atomic E-state index is 0.0890. The van der Waals surface area contributed by atoms with Crippen LogP contribution in [0.4, 0.5) is 0 Å². The number of hydrogen-bond acceptors (Lipinski definition) is 4. The van der Waals surface area contributed by atoms with Crippen LogP contribution in [0.1, 0.15) is 34.8 Å². The van der Waals surface area contributed by atoms with Gasteiger partial charge in [0.1, 0.15) is 18.1 Å². The molecule has 0 aliphatic carbocycles. The summed E-state index contributed by atoms with van der Waals surface area (Å²) in [6, 6.07) is 12.3. The van der Waals surface area contributed by atoms with Gasteiger partial charge < -0.3 is 14.6 Å². The standard InChI is InChI=1S/C20H20O5/c1-3-18(21)15-6-8-17(9-7-15)25-13-16-12-14(5-11-20(22)23)4-10-19(16)24-2/h4-12H,3,13H2,1-2H3,(H,22,23)/b11-5+. The van der Waals surface area contributed by atoms with E-state index in [1.54, 1.807) is 43.5 Å². The molecule has 0 fully saturated rings. The van der Waals surface area contributed by atoms with Crippen LogP contribution < -0.4 is 9.47 Å². The summed E-state index contributed by atoms with van der Waals surface area (Å²) in [4.78, 5) is 22.3. The number of Topliss-reactive ketones (excluding diaryl/α,β-unsaturated/α-hetero) is 1. The number of aliphatic carboxylic acids is 1. The molecule has 0 amide bonds. The molecule has 5 nitrogen and oxygen atoms in total. The number of benzene rings is 2. The van der Waals surface area contributed by atoms with E-state index in [0.29, 0.717) is 23.5 Å². The summed E-state index contributed by atoms with van der Waals surface area (Å²) in [5.41, 5.74) is 2.20. The normalized spacial score (nSPS) is 10.6. The Labute approximate surface area is 146 Å². The van der Waals surface area contributed by atoms with Crippen molar-refractivity contribution in [1.82, 2.24) is 0 Å². The molecule has 0 saturated carbocycles. The van der Waals surface area contributed by atoms with Crippen LogP contribution in [-0.4, -0.2) is 24.0 Å². The Balaban J connectivity index is 2.11. The van der Waals surface area contributed by atoms with Crippen molar-refractivity contribution < 1.29 is 24.2 Å². The highest BCUT2D eigenvalue weighted by molar-refractivity contribution is 5.95. The molecule has 0 heterocycles. The number of carbonyl (C=O) groups is 2. The molecule has 0 spiro atoms. The lowest BCUT2D eigenvalue weighted by Gasteiger charge is -2.11. The van der Waals surface area contributed by atoms with Gasteiger partial charge in [0.25, 0.3) is 0 Å². The first-order valence-corrected chi connectivity index (χ1v) is 7.87. The maximum absolute atomic E-state index is 11.6. The zero-order valence-electron chi connectivity index (χ0n) is 14.2. The second kappa shape index (κ2) is 8.68. The Bertz CT molecular complexity index is 775. The summed E-state index contributed by atoms with van der Waals surface area (Å²) in [6.07, 6.45) is 3.06. The number of carbonyl (C=O) groups excluding carboxylic acids is 1. The van der Waals surface area contributed by atoms with Gasteiger partial charge in [-0.15, -0.1) is 0 Å². The van der Waals surface area contributed by atoms with Crippen molar-refractivity contribution in [3.05, 3.63) is 65.2 Å². The van der Waals surface area contributed by atoms with Gasteiger partial charge >= 0.3 is 5.97 Å². The molecule has 0 saturated heterocycles. The maximum Gasteiger partial charge on any atom is 0.328 e. The molecular weight excluding hydrogens is 320 g/mol. The van der Waals surface area contributed by atoms with Crippen molar-refractivity contribution in [1.29, 1.82) is 0 Å². The number of carboxylic acid groups (broad SMARTS) is 1. The number of rotatable bonds is 8. The van der Waals surface area contributed by atoms with E-state index in [1.807, 2.05) is 13.0 Å². The molecule has 2 aromatic rings. The third-order valence-corrected chi connectivity index (χ3v) is 3.61. The van der Waals surface area contributed by atoms with Crippen molar-refractivity contribution in [2.24, 2.45) is 0 Å².